The van der Waals surface area contributed by atoms with Gasteiger partial charge >= 0.3 is 0 Å². The Bertz CT molecular complexity index is 480. The molecular formula is C9H12N4O2. The van der Waals surface area contributed by atoms with Gasteiger partial charge in [-0.05, 0) is 12.1 Å². The first-order chi connectivity index (χ1) is 7.24. The lowest BCUT2D eigenvalue weighted by molar-refractivity contribution is 0.0618. The molecule has 5 N–H and O–H groups in total. The molecule has 2 aromatic rings. The number of hydrogen-bond acceptors (Lipinski definition) is 5. The molecule has 6 nitrogen and oxygen atoms in total. The van der Waals surface area contributed by atoms with Gasteiger partial charge in [-0.3, -0.25) is 0 Å². The van der Waals surface area contributed by atoms with Gasteiger partial charge in [0.05, 0.1) is 18.5 Å². The molecular weight excluding hydrogens is 196 g/mol. The summed E-state index contributed by atoms with van der Waals surface area (Å²) in [5, 5.41) is 13.4. The highest BCUT2D eigenvalue weighted by atomic mass is 16.7. The third-order valence-electron chi connectivity index (χ3n) is 2.07. The fraction of sp³-hybridized carbons (Fsp3) is 0.222. The van der Waals surface area contributed by atoms with Gasteiger partial charge in [-0.2, -0.15) is 0 Å². The van der Waals surface area contributed by atoms with Crippen LogP contribution in [0.2, 0.25) is 0 Å². The molecule has 0 radical (unpaired) electrons. The van der Waals surface area contributed by atoms with Crippen LogP contribution in [-0.2, 0) is 0 Å². The number of aromatic nitrogens is 2. The first-order valence-electron chi connectivity index (χ1n) is 4.50. The second-order valence-electron chi connectivity index (χ2n) is 3.08. The molecule has 0 aliphatic rings. The Hall–Kier alpha value is -1.95. The number of hydrogen-bond donors (Lipinski definition) is 3. The smallest absolute Gasteiger partial charge is 0.140 e. The number of nitrogen functional groups attached to an aromatic ring is 2. The van der Waals surface area contributed by atoms with Crippen molar-refractivity contribution in [2.45, 2.75) is 0 Å². The zero-order chi connectivity index (χ0) is 10.8. The van der Waals surface area contributed by atoms with E-state index < -0.39 is 0 Å². The molecule has 1 aromatic carbocycles. The fourth-order valence-electron chi connectivity index (χ4n) is 1.38. The molecule has 0 fully saturated rings. The lowest BCUT2D eigenvalue weighted by Crippen LogP contribution is -2.17. The lowest BCUT2D eigenvalue weighted by atomic mass is 10.2. The number of rotatable bonds is 3. The standard InChI is InChI=1S/C9H12N4O2/c10-7-1-2-8(11)9-6(7)5-12-13(9)15-4-3-14/h1-2,5,14H,3-4,10-11H2. The van der Waals surface area contributed by atoms with Gasteiger partial charge in [-0.25, -0.2) is 0 Å². The van der Waals surface area contributed by atoms with Crippen molar-refractivity contribution in [3.05, 3.63) is 18.3 Å². The number of aliphatic hydroxyl groups is 1. The maximum atomic E-state index is 8.64. The SMILES string of the molecule is Nc1ccc(N)c2c1cnn2OCCO. The number of benzene rings is 1. The Balaban J connectivity index is 2.53. The minimum Gasteiger partial charge on any atom is -0.398 e. The summed E-state index contributed by atoms with van der Waals surface area (Å²) in [5.74, 6) is 0. The molecule has 0 unspecified atom stereocenters. The lowest BCUT2D eigenvalue weighted by Gasteiger charge is -2.06. The summed E-state index contributed by atoms with van der Waals surface area (Å²) in [6.07, 6.45) is 1.58. The maximum absolute atomic E-state index is 8.64. The van der Waals surface area contributed by atoms with Crippen LogP contribution in [0, 0.1) is 0 Å². The summed E-state index contributed by atoms with van der Waals surface area (Å²) in [6, 6.07) is 3.41. The zero-order valence-corrected chi connectivity index (χ0v) is 8.05. The van der Waals surface area contributed by atoms with Gasteiger partial charge in [0.25, 0.3) is 0 Å². The van der Waals surface area contributed by atoms with Crippen LogP contribution in [0.1, 0.15) is 0 Å². The first-order valence-corrected chi connectivity index (χ1v) is 4.50. The van der Waals surface area contributed by atoms with Crippen molar-refractivity contribution in [2.24, 2.45) is 0 Å². The van der Waals surface area contributed by atoms with Crippen LogP contribution < -0.4 is 16.3 Å². The Morgan fingerprint density at radius 2 is 2.07 bits per heavy atom. The molecule has 0 atom stereocenters. The Morgan fingerprint density at radius 3 is 2.80 bits per heavy atom. The number of nitrogens with zero attached hydrogens (tertiary/aromatic N) is 2. The molecule has 6 heteroatoms. The van der Waals surface area contributed by atoms with Crippen LogP contribution in [0.25, 0.3) is 10.9 Å². The Kier molecular flexibility index (Phi) is 2.34. The summed E-state index contributed by atoms with van der Waals surface area (Å²) < 4.78 is 0. The molecule has 1 aromatic heterocycles. The predicted octanol–water partition coefficient (Wildman–Crippen LogP) is -0.378. The van der Waals surface area contributed by atoms with E-state index in [4.69, 9.17) is 21.4 Å². The fourth-order valence-corrected chi connectivity index (χ4v) is 1.38. The van der Waals surface area contributed by atoms with Gasteiger partial charge in [0.1, 0.15) is 12.1 Å². The van der Waals surface area contributed by atoms with Gasteiger partial charge in [-0.15, -0.1) is 5.10 Å². The van der Waals surface area contributed by atoms with Gasteiger partial charge in [-0.1, -0.05) is 4.85 Å². The second-order valence-corrected chi connectivity index (χ2v) is 3.08. The van der Waals surface area contributed by atoms with Crippen molar-refractivity contribution in [1.29, 1.82) is 0 Å². The minimum atomic E-state index is -0.0798. The third kappa shape index (κ3) is 1.55. The van der Waals surface area contributed by atoms with Crippen LogP contribution in [0.4, 0.5) is 11.4 Å². The monoisotopic (exact) mass is 208 g/mol. The Labute approximate surface area is 86.0 Å². The molecule has 1 heterocycles. The molecule has 2 rings (SSSR count). The van der Waals surface area contributed by atoms with Crippen molar-refractivity contribution < 1.29 is 9.94 Å². The number of anilines is 2. The van der Waals surface area contributed by atoms with Crippen LogP contribution in [-0.4, -0.2) is 28.3 Å². The largest absolute Gasteiger partial charge is 0.398 e. The van der Waals surface area contributed by atoms with E-state index in [1.54, 1.807) is 18.3 Å². The van der Waals surface area contributed by atoms with E-state index in [1.165, 1.54) is 4.85 Å². The topological polar surface area (TPSA) is 99.3 Å². The van der Waals surface area contributed by atoms with Crippen LogP contribution in [0.15, 0.2) is 18.3 Å². The van der Waals surface area contributed by atoms with Gasteiger partial charge in [0, 0.05) is 11.1 Å². The molecule has 0 bridgehead atoms. The molecule has 80 valence electrons. The van der Waals surface area contributed by atoms with Gasteiger partial charge in [0.2, 0.25) is 0 Å². The Morgan fingerprint density at radius 1 is 1.33 bits per heavy atom. The van der Waals surface area contributed by atoms with Crippen molar-refractivity contribution in [3.63, 3.8) is 0 Å². The summed E-state index contributed by atoms with van der Waals surface area (Å²) in [6.45, 7) is 0.0780. The highest BCUT2D eigenvalue weighted by molar-refractivity contribution is 5.97. The van der Waals surface area contributed by atoms with E-state index in [0.717, 1.165) is 5.39 Å². The highest BCUT2D eigenvalue weighted by Crippen LogP contribution is 2.25. The van der Waals surface area contributed by atoms with Crippen LogP contribution in [0.5, 0.6) is 0 Å². The quantitative estimate of drug-likeness (QED) is 0.597. The summed E-state index contributed by atoms with van der Waals surface area (Å²) in [4.78, 5) is 6.44. The van der Waals surface area contributed by atoms with E-state index in [0.29, 0.717) is 16.9 Å². The molecule has 0 saturated carbocycles. The second kappa shape index (κ2) is 3.66. The maximum Gasteiger partial charge on any atom is 0.140 e. The van der Waals surface area contributed by atoms with E-state index >= 15 is 0 Å². The van der Waals surface area contributed by atoms with Crippen molar-refractivity contribution in [3.8, 4) is 0 Å². The summed E-state index contributed by atoms with van der Waals surface area (Å²) >= 11 is 0. The van der Waals surface area contributed by atoms with Crippen LogP contribution >= 0.6 is 0 Å². The molecule has 0 aliphatic carbocycles. The van der Waals surface area contributed by atoms with Crippen molar-refractivity contribution in [2.75, 3.05) is 24.7 Å². The van der Waals surface area contributed by atoms with Gasteiger partial charge in [0.15, 0.2) is 0 Å². The first kappa shape index (κ1) is 9.60. The van der Waals surface area contributed by atoms with E-state index in [1.807, 2.05) is 0 Å². The average molecular weight is 208 g/mol. The van der Waals surface area contributed by atoms with Gasteiger partial charge < -0.3 is 21.4 Å². The summed E-state index contributed by atoms with van der Waals surface area (Å²) in [5.41, 5.74) is 13.3. The molecule has 0 spiro atoms. The normalized spacial score (nSPS) is 10.7. The highest BCUT2D eigenvalue weighted by Gasteiger charge is 2.09. The van der Waals surface area contributed by atoms with Crippen molar-refractivity contribution >= 4 is 22.3 Å². The van der Waals surface area contributed by atoms with Crippen LogP contribution in [0.3, 0.4) is 0 Å². The van der Waals surface area contributed by atoms with E-state index in [-0.39, 0.29) is 13.2 Å². The zero-order valence-electron chi connectivity index (χ0n) is 8.05. The summed E-state index contributed by atoms with van der Waals surface area (Å²) in [7, 11) is 0. The molecule has 15 heavy (non-hydrogen) atoms. The third-order valence-corrected chi connectivity index (χ3v) is 2.07. The minimum absolute atomic E-state index is 0.0798. The van der Waals surface area contributed by atoms with Crippen molar-refractivity contribution in [1.82, 2.24) is 9.94 Å². The van der Waals surface area contributed by atoms with E-state index in [9.17, 15) is 0 Å². The number of aliphatic hydroxyl groups excluding tert-OH is 1. The number of fused-ring (bicyclic) bond motifs is 1. The number of nitrogens with two attached hydrogens (primary N) is 2. The molecule has 0 aliphatic heterocycles. The molecule has 0 amide bonds. The van der Waals surface area contributed by atoms with E-state index in [2.05, 4.69) is 5.10 Å². The predicted molar refractivity (Wildman–Crippen MR) is 57.1 cm³/mol. The molecule has 0 saturated heterocycles. The average Bonchev–Trinajstić information content (AvgIpc) is 2.65.